The van der Waals surface area contributed by atoms with E-state index in [0.29, 0.717) is 24.2 Å². The number of nitrogens with zero attached hydrogens (tertiary/aromatic N) is 2. The van der Waals surface area contributed by atoms with Crippen molar-refractivity contribution in [2.75, 3.05) is 13.7 Å². The first-order valence-electron chi connectivity index (χ1n) is 11.7. The summed E-state index contributed by atoms with van der Waals surface area (Å²) in [6.07, 6.45) is 4.89. The smallest absolute Gasteiger partial charge is 0.311 e. The number of nitrogens with one attached hydrogen (secondary N) is 1. The van der Waals surface area contributed by atoms with Crippen LogP contribution in [0.4, 0.5) is 0 Å². The Morgan fingerprint density at radius 2 is 1.89 bits per heavy atom. The van der Waals surface area contributed by atoms with Crippen molar-refractivity contribution in [1.82, 2.24) is 4.90 Å². The Labute approximate surface area is 205 Å². The number of carbonyl (C=O) groups is 2. The number of pyridine rings is 1. The van der Waals surface area contributed by atoms with Gasteiger partial charge >= 0.3 is 5.97 Å². The average molecular weight is 472 g/mol. The number of benzene rings is 2. The summed E-state index contributed by atoms with van der Waals surface area (Å²) in [7, 11) is 1.38. The Morgan fingerprint density at radius 1 is 1.11 bits per heavy atom. The van der Waals surface area contributed by atoms with Crippen LogP contribution in [0.1, 0.15) is 41.3 Å². The van der Waals surface area contributed by atoms with Crippen LogP contribution >= 0.6 is 0 Å². The SMILES string of the molecule is COC(=O)C(Cc1cccc(C(C)=N)c1)C1CCCN1C(=O)c1ccc(-c2ccc[n+]([O-])c2)cc1. The molecule has 0 spiro atoms. The van der Waals surface area contributed by atoms with Crippen LogP contribution in [0.5, 0.6) is 0 Å². The van der Waals surface area contributed by atoms with Crippen molar-refractivity contribution in [3.8, 4) is 11.1 Å². The molecule has 2 aromatic carbocycles. The van der Waals surface area contributed by atoms with Gasteiger partial charge in [0.2, 0.25) is 0 Å². The number of likely N-dealkylation sites (tertiary alicyclic amines) is 1. The maximum Gasteiger partial charge on any atom is 0.311 e. The lowest BCUT2D eigenvalue weighted by Crippen LogP contribution is -2.44. The number of hydrogen-bond donors (Lipinski definition) is 1. The van der Waals surface area contributed by atoms with Gasteiger partial charge in [-0.25, -0.2) is 0 Å². The zero-order chi connectivity index (χ0) is 24.9. The maximum atomic E-state index is 13.5. The summed E-state index contributed by atoms with van der Waals surface area (Å²) in [4.78, 5) is 28.1. The van der Waals surface area contributed by atoms with Gasteiger partial charge in [0.1, 0.15) is 0 Å². The molecule has 1 amide bonds. The van der Waals surface area contributed by atoms with Crippen LogP contribution in [0.15, 0.2) is 73.1 Å². The second-order valence-electron chi connectivity index (χ2n) is 8.90. The van der Waals surface area contributed by atoms with Crippen molar-refractivity contribution in [3.63, 3.8) is 0 Å². The van der Waals surface area contributed by atoms with Crippen LogP contribution in [0, 0.1) is 16.5 Å². The number of carbonyl (C=O) groups excluding carboxylic acids is 2. The fourth-order valence-electron chi connectivity index (χ4n) is 4.77. The van der Waals surface area contributed by atoms with Gasteiger partial charge in [0.25, 0.3) is 5.91 Å². The van der Waals surface area contributed by atoms with Crippen molar-refractivity contribution in [3.05, 3.63) is 95.0 Å². The van der Waals surface area contributed by atoms with Crippen molar-refractivity contribution < 1.29 is 19.1 Å². The molecule has 7 heteroatoms. The van der Waals surface area contributed by atoms with E-state index in [-0.39, 0.29) is 17.9 Å². The predicted molar refractivity (Wildman–Crippen MR) is 133 cm³/mol. The first-order chi connectivity index (χ1) is 16.9. The third-order valence-corrected chi connectivity index (χ3v) is 6.58. The van der Waals surface area contributed by atoms with Crippen molar-refractivity contribution in [2.45, 2.75) is 32.2 Å². The third kappa shape index (κ3) is 5.40. The van der Waals surface area contributed by atoms with E-state index >= 15 is 0 Å². The molecule has 1 fully saturated rings. The molecule has 1 N–H and O–H groups in total. The fourth-order valence-corrected chi connectivity index (χ4v) is 4.77. The minimum Gasteiger partial charge on any atom is -0.619 e. The molecule has 1 aromatic heterocycles. The molecule has 2 heterocycles. The number of hydrogen-bond acceptors (Lipinski definition) is 5. The Kier molecular flexibility index (Phi) is 7.25. The number of aromatic nitrogens is 1. The van der Waals surface area contributed by atoms with E-state index in [0.717, 1.165) is 39.8 Å². The quantitative estimate of drug-likeness (QED) is 0.244. The molecule has 0 aliphatic carbocycles. The summed E-state index contributed by atoms with van der Waals surface area (Å²) >= 11 is 0. The molecule has 7 nitrogen and oxygen atoms in total. The Hall–Kier alpha value is -4.00. The van der Waals surface area contributed by atoms with Crippen LogP contribution in [0.2, 0.25) is 0 Å². The van der Waals surface area contributed by atoms with E-state index in [1.54, 1.807) is 30.0 Å². The number of methoxy groups -OCH3 is 1. The highest BCUT2D eigenvalue weighted by Crippen LogP contribution is 2.30. The molecule has 2 unspecified atom stereocenters. The van der Waals surface area contributed by atoms with Crippen molar-refractivity contribution in [1.29, 1.82) is 5.41 Å². The predicted octanol–water partition coefficient (Wildman–Crippen LogP) is 4.01. The Balaban J connectivity index is 1.56. The standard InChI is InChI=1S/C28H29N3O4/c1-19(29)23-7-3-6-20(16-23)17-25(28(33)35-2)26-9-5-15-31(26)27(32)22-12-10-21(11-13-22)24-8-4-14-30(34)18-24/h3-4,6-8,10-14,16,18,25-26,29H,5,9,15,17H2,1-2H3. The second-order valence-corrected chi connectivity index (χ2v) is 8.90. The summed E-state index contributed by atoms with van der Waals surface area (Å²) in [5, 5.41) is 19.5. The van der Waals surface area contributed by atoms with E-state index in [1.807, 2.05) is 42.5 Å². The summed E-state index contributed by atoms with van der Waals surface area (Å²) in [6, 6.07) is 18.1. The highest BCUT2D eigenvalue weighted by Gasteiger charge is 2.39. The van der Waals surface area contributed by atoms with Crippen molar-refractivity contribution in [2.24, 2.45) is 5.92 Å². The van der Waals surface area contributed by atoms with Gasteiger partial charge < -0.3 is 20.3 Å². The molecular formula is C28H29N3O4. The van der Waals surface area contributed by atoms with Gasteiger partial charge in [-0.05, 0) is 67.1 Å². The lowest BCUT2D eigenvalue weighted by Gasteiger charge is -2.30. The summed E-state index contributed by atoms with van der Waals surface area (Å²) < 4.78 is 5.88. The average Bonchev–Trinajstić information content (AvgIpc) is 3.36. The molecule has 3 aromatic rings. The van der Waals surface area contributed by atoms with Crippen molar-refractivity contribution >= 4 is 17.6 Å². The largest absolute Gasteiger partial charge is 0.619 e. The van der Waals surface area contributed by atoms with Gasteiger partial charge in [-0.1, -0.05) is 30.3 Å². The molecule has 0 saturated carbocycles. The minimum absolute atomic E-state index is 0.121. The number of ether oxygens (including phenoxy) is 1. The van der Waals surface area contributed by atoms with Crippen LogP contribution in [-0.4, -0.2) is 42.2 Å². The molecule has 0 radical (unpaired) electrons. The molecule has 1 saturated heterocycles. The lowest BCUT2D eigenvalue weighted by atomic mass is 9.89. The third-order valence-electron chi connectivity index (χ3n) is 6.58. The Bertz CT molecular complexity index is 1240. The minimum atomic E-state index is -0.496. The molecular weight excluding hydrogens is 442 g/mol. The van der Waals surface area contributed by atoms with E-state index < -0.39 is 5.92 Å². The highest BCUT2D eigenvalue weighted by atomic mass is 16.5. The number of amides is 1. The van der Waals surface area contributed by atoms with Crippen LogP contribution in [0.25, 0.3) is 11.1 Å². The molecule has 0 bridgehead atoms. The second kappa shape index (κ2) is 10.5. The molecule has 35 heavy (non-hydrogen) atoms. The van der Waals surface area contributed by atoms with Gasteiger partial charge in [-0.2, -0.15) is 4.73 Å². The van der Waals surface area contributed by atoms with Gasteiger partial charge in [0, 0.05) is 35.5 Å². The van der Waals surface area contributed by atoms with Crippen LogP contribution in [-0.2, 0) is 16.0 Å². The topological polar surface area (TPSA) is 97.4 Å². The van der Waals surface area contributed by atoms with Crippen LogP contribution < -0.4 is 4.73 Å². The molecule has 1 aliphatic heterocycles. The summed E-state index contributed by atoms with van der Waals surface area (Å²) in [5.74, 6) is -0.954. The first-order valence-corrected chi connectivity index (χ1v) is 11.7. The number of esters is 1. The molecule has 4 rings (SSSR count). The van der Waals surface area contributed by atoms with Gasteiger partial charge in [-0.15, -0.1) is 0 Å². The first kappa shape index (κ1) is 24.1. The lowest BCUT2D eigenvalue weighted by molar-refractivity contribution is -0.604. The fraction of sp³-hybridized carbons (Fsp3) is 0.286. The van der Waals surface area contributed by atoms with E-state index in [9.17, 15) is 14.8 Å². The zero-order valence-electron chi connectivity index (χ0n) is 19.9. The summed E-state index contributed by atoms with van der Waals surface area (Å²) in [5.41, 5.74) is 4.37. The maximum absolute atomic E-state index is 13.5. The normalized spacial score (nSPS) is 16.1. The Morgan fingerprint density at radius 3 is 2.57 bits per heavy atom. The highest BCUT2D eigenvalue weighted by molar-refractivity contribution is 5.96. The molecule has 180 valence electrons. The molecule has 1 aliphatic rings. The summed E-state index contributed by atoms with van der Waals surface area (Å²) in [6.45, 7) is 2.31. The zero-order valence-corrected chi connectivity index (χ0v) is 19.9. The van der Waals surface area contributed by atoms with Gasteiger partial charge in [0.15, 0.2) is 12.4 Å². The van der Waals surface area contributed by atoms with Gasteiger partial charge in [0.05, 0.1) is 13.0 Å². The monoisotopic (exact) mass is 471 g/mol. The van der Waals surface area contributed by atoms with Crippen LogP contribution in [0.3, 0.4) is 0 Å². The number of rotatable bonds is 7. The van der Waals surface area contributed by atoms with E-state index in [1.165, 1.54) is 19.5 Å². The van der Waals surface area contributed by atoms with E-state index in [2.05, 4.69) is 0 Å². The van der Waals surface area contributed by atoms with Gasteiger partial charge in [-0.3, -0.25) is 9.59 Å². The van der Waals surface area contributed by atoms with E-state index in [4.69, 9.17) is 10.1 Å². The molecule has 2 atom stereocenters.